The van der Waals surface area contributed by atoms with Gasteiger partial charge >= 0.3 is 5.51 Å². The van der Waals surface area contributed by atoms with E-state index >= 15 is 0 Å². The number of aromatic nitrogens is 1. The predicted molar refractivity (Wildman–Crippen MR) is 41.2 cm³/mol. The Hall–Kier alpha value is -0.750. The van der Waals surface area contributed by atoms with Crippen molar-refractivity contribution in [1.29, 1.82) is 0 Å². The van der Waals surface area contributed by atoms with Crippen LogP contribution in [0.4, 0.5) is 13.2 Å². The van der Waals surface area contributed by atoms with E-state index in [-0.39, 0.29) is 0 Å². The van der Waals surface area contributed by atoms with E-state index in [0.717, 1.165) is 12.3 Å². The van der Waals surface area contributed by atoms with E-state index in [1.807, 2.05) is 0 Å². The van der Waals surface area contributed by atoms with Crippen molar-refractivity contribution in [3.63, 3.8) is 0 Å². The van der Waals surface area contributed by atoms with Crippen LogP contribution in [0.3, 0.4) is 0 Å². The van der Waals surface area contributed by atoms with Crippen molar-refractivity contribution in [1.82, 2.24) is 4.98 Å². The molecule has 1 aromatic rings. The van der Waals surface area contributed by atoms with Gasteiger partial charge in [0.15, 0.2) is 0 Å². The van der Waals surface area contributed by atoms with Crippen LogP contribution in [-0.4, -0.2) is 15.0 Å². The Kier molecular flexibility index (Phi) is 2.82. The largest absolute Gasteiger partial charge is 0.603 e. The minimum absolute atomic E-state index is 0.475. The molecule has 1 aromatic heterocycles. The van der Waals surface area contributed by atoms with Crippen LogP contribution in [-0.2, 0) is 11.2 Å². The highest BCUT2D eigenvalue weighted by molar-refractivity contribution is 7.92. The summed E-state index contributed by atoms with van der Waals surface area (Å²) in [6, 6.07) is 2.37. The van der Waals surface area contributed by atoms with E-state index in [0.29, 0.717) is 5.56 Å². The Morgan fingerprint density at radius 1 is 1.38 bits per heavy atom. The van der Waals surface area contributed by atoms with Crippen molar-refractivity contribution in [2.45, 2.75) is 10.5 Å². The Morgan fingerprint density at radius 2 is 2.00 bits per heavy atom. The van der Waals surface area contributed by atoms with Gasteiger partial charge in [-0.2, -0.15) is 0 Å². The number of rotatable bonds is 1. The third-order valence-corrected chi connectivity index (χ3v) is 2.24. The maximum Gasteiger partial charge on any atom is 0.579 e. The Bertz CT molecular complexity index is 285. The summed E-state index contributed by atoms with van der Waals surface area (Å²) < 4.78 is 46.3. The third kappa shape index (κ3) is 2.60. The molecule has 6 heteroatoms. The zero-order valence-electron chi connectivity index (χ0n) is 6.34. The van der Waals surface area contributed by atoms with E-state index in [2.05, 4.69) is 11.9 Å². The van der Waals surface area contributed by atoms with Gasteiger partial charge in [-0.15, -0.1) is 13.2 Å². The molecule has 1 heterocycles. The summed E-state index contributed by atoms with van der Waals surface area (Å²) in [6.07, 6.45) is 1.14. The summed E-state index contributed by atoms with van der Waals surface area (Å²) in [5.41, 5.74) is -4.28. The topological polar surface area (TPSA) is 36.0 Å². The van der Waals surface area contributed by atoms with E-state index in [1.54, 1.807) is 0 Å². The van der Waals surface area contributed by atoms with Crippen molar-refractivity contribution in [2.75, 3.05) is 0 Å². The summed E-state index contributed by atoms with van der Waals surface area (Å²) in [6.45, 7) is 3.44. The van der Waals surface area contributed by atoms with Crippen LogP contribution in [0, 0.1) is 6.92 Å². The zero-order valence-corrected chi connectivity index (χ0v) is 7.15. The standard InChI is InChI=1S/C7H5F3NOS/c1-5-2-3-6(11-4-5)13(12)7(8,9)10/h2-4H,1H2. The average molecular weight is 208 g/mol. The lowest BCUT2D eigenvalue weighted by molar-refractivity contribution is -0.0437. The highest BCUT2D eigenvalue weighted by Crippen LogP contribution is 2.28. The third-order valence-electron chi connectivity index (χ3n) is 1.20. The second kappa shape index (κ2) is 3.55. The fourth-order valence-electron chi connectivity index (χ4n) is 0.639. The highest BCUT2D eigenvalue weighted by atomic mass is 32.2. The quantitative estimate of drug-likeness (QED) is 0.661. The fourth-order valence-corrected chi connectivity index (χ4v) is 1.22. The summed E-state index contributed by atoms with van der Waals surface area (Å²) in [4.78, 5) is 3.36. The molecule has 1 unspecified atom stereocenters. The number of halogens is 3. The molecular weight excluding hydrogens is 203 g/mol. The monoisotopic (exact) mass is 208 g/mol. The van der Waals surface area contributed by atoms with Crippen LogP contribution < -0.4 is 0 Å². The second-order valence-electron chi connectivity index (χ2n) is 2.22. The van der Waals surface area contributed by atoms with Gasteiger partial charge in [0.2, 0.25) is 0 Å². The van der Waals surface area contributed by atoms with Crippen molar-refractivity contribution in [3.05, 3.63) is 30.8 Å². The summed E-state index contributed by atoms with van der Waals surface area (Å²) in [7, 11) is 0. The molecule has 0 amide bonds. The molecule has 0 aromatic carbocycles. The first-order chi connectivity index (χ1) is 5.91. The van der Waals surface area contributed by atoms with Gasteiger partial charge in [-0.25, -0.2) is 4.98 Å². The first kappa shape index (κ1) is 10.3. The number of nitrogens with zero attached hydrogens (tertiary/aromatic N) is 1. The first-order valence-electron chi connectivity index (χ1n) is 3.18. The molecule has 1 atom stereocenters. The molecule has 0 aliphatic heterocycles. The van der Waals surface area contributed by atoms with Crippen LogP contribution in [0.25, 0.3) is 0 Å². The zero-order chi connectivity index (χ0) is 10.1. The molecule has 0 bridgehead atoms. The van der Waals surface area contributed by atoms with E-state index < -0.39 is 21.7 Å². The maximum absolute atomic E-state index is 11.9. The van der Waals surface area contributed by atoms with Gasteiger partial charge in [0.25, 0.3) is 5.03 Å². The summed E-state index contributed by atoms with van der Waals surface area (Å²) >= 11 is -3.05. The van der Waals surface area contributed by atoms with Gasteiger partial charge in [0.1, 0.15) is 11.2 Å². The second-order valence-corrected chi connectivity index (χ2v) is 3.64. The molecule has 0 fully saturated rings. The van der Waals surface area contributed by atoms with Crippen molar-refractivity contribution < 1.29 is 17.7 Å². The van der Waals surface area contributed by atoms with Crippen LogP contribution in [0.2, 0.25) is 0 Å². The van der Waals surface area contributed by atoms with Gasteiger partial charge in [-0.05, 0) is 12.5 Å². The van der Waals surface area contributed by atoms with Gasteiger partial charge in [0.05, 0.1) is 0 Å². The predicted octanol–water partition coefficient (Wildman–Crippen LogP) is 1.89. The molecule has 0 aliphatic rings. The van der Waals surface area contributed by atoms with E-state index in [9.17, 15) is 17.7 Å². The lowest BCUT2D eigenvalue weighted by Crippen LogP contribution is -2.24. The van der Waals surface area contributed by atoms with Crippen LogP contribution >= 0.6 is 0 Å². The molecule has 2 nitrogen and oxygen atoms in total. The van der Waals surface area contributed by atoms with Crippen LogP contribution in [0.5, 0.6) is 0 Å². The Labute approximate surface area is 76.0 Å². The number of alkyl halides is 3. The summed E-state index contributed by atoms with van der Waals surface area (Å²) in [5, 5.41) is -0.500. The average Bonchev–Trinajstić information content (AvgIpc) is 2.03. The van der Waals surface area contributed by atoms with Crippen LogP contribution in [0.15, 0.2) is 23.4 Å². The number of pyridine rings is 1. The molecule has 0 aliphatic carbocycles. The minimum Gasteiger partial charge on any atom is -0.603 e. The molecule has 71 valence electrons. The number of hydrogen-bond acceptors (Lipinski definition) is 2. The van der Waals surface area contributed by atoms with Gasteiger partial charge < -0.3 is 4.55 Å². The molecule has 0 N–H and O–H groups in total. The van der Waals surface area contributed by atoms with Crippen molar-refractivity contribution >= 4 is 11.2 Å². The van der Waals surface area contributed by atoms with E-state index in [1.165, 1.54) is 6.07 Å². The van der Waals surface area contributed by atoms with Crippen molar-refractivity contribution in [2.24, 2.45) is 0 Å². The summed E-state index contributed by atoms with van der Waals surface area (Å²) in [5.74, 6) is 0. The lowest BCUT2D eigenvalue weighted by Gasteiger charge is -2.10. The highest BCUT2D eigenvalue weighted by Gasteiger charge is 2.46. The lowest BCUT2D eigenvalue weighted by atomic mass is 10.3. The van der Waals surface area contributed by atoms with Gasteiger partial charge in [0, 0.05) is 12.3 Å². The number of hydrogen-bond donors (Lipinski definition) is 0. The Morgan fingerprint density at radius 3 is 2.38 bits per heavy atom. The van der Waals surface area contributed by atoms with E-state index in [4.69, 9.17) is 0 Å². The Balaban J connectivity index is 2.90. The molecule has 0 spiro atoms. The molecule has 0 saturated heterocycles. The minimum atomic E-state index is -4.75. The van der Waals surface area contributed by atoms with Gasteiger partial charge in [-0.1, -0.05) is 6.07 Å². The smallest absolute Gasteiger partial charge is 0.579 e. The van der Waals surface area contributed by atoms with Gasteiger partial charge in [-0.3, -0.25) is 0 Å². The molecular formula is C7H5F3NOS. The molecule has 1 rings (SSSR count). The SMILES string of the molecule is [CH2]c1ccc([S+]([O-])C(F)(F)F)nc1. The molecule has 1 radical (unpaired) electrons. The fraction of sp³-hybridized carbons (Fsp3) is 0.143. The normalized spacial score (nSPS) is 14.2. The van der Waals surface area contributed by atoms with Crippen molar-refractivity contribution in [3.8, 4) is 0 Å². The molecule has 13 heavy (non-hydrogen) atoms. The maximum atomic E-state index is 11.9. The first-order valence-corrected chi connectivity index (χ1v) is 4.33. The van der Waals surface area contributed by atoms with Crippen LogP contribution in [0.1, 0.15) is 5.56 Å². The molecule has 0 saturated carbocycles.